The van der Waals surface area contributed by atoms with Crippen LogP contribution in [0.3, 0.4) is 0 Å². The predicted octanol–water partition coefficient (Wildman–Crippen LogP) is 1.40. The summed E-state index contributed by atoms with van der Waals surface area (Å²) in [6, 6.07) is 4.96. The topological polar surface area (TPSA) is 242 Å². The molecule has 0 heterocycles. The summed E-state index contributed by atoms with van der Waals surface area (Å²) in [4.78, 5) is 44.4. The van der Waals surface area contributed by atoms with Gasteiger partial charge in [-0.05, 0) is 72.2 Å². The summed E-state index contributed by atoms with van der Waals surface area (Å²) >= 11 is 0. The molecule has 0 aliphatic rings. The number of carbonyl (C=O) groups is 4. The van der Waals surface area contributed by atoms with Crippen LogP contribution in [-0.2, 0) is 29.7 Å². The van der Waals surface area contributed by atoms with Gasteiger partial charge in [-0.25, -0.2) is 9.59 Å². The van der Waals surface area contributed by atoms with Crippen molar-refractivity contribution in [2.75, 3.05) is 0 Å². The van der Waals surface area contributed by atoms with Crippen molar-refractivity contribution in [3.05, 3.63) is 58.7 Å². The molecule has 17 heteroatoms. The first-order valence-electron chi connectivity index (χ1n) is 12.7. The van der Waals surface area contributed by atoms with E-state index in [1.807, 2.05) is 41.5 Å². The molecule has 14 nitrogen and oxygen atoms in total. The smallest absolute Gasteiger partial charge is 0.545 e. The van der Waals surface area contributed by atoms with E-state index in [9.17, 15) is 46.2 Å². The summed E-state index contributed by atoms with van der Waals surface area (Å²) in [5.74, 6) is -5.14. The van der Waals surface area contributed by atoms with Gasteiger partial charge in [0.15, 0.2) is 0 Å². The third-order valence-corrected chi connectivity index (χ3v) is 8.02. The molecule has 0 amide bonds. The fourth-order valence-corrected chi connectivity index (χ4v) is 3.88. The first kappa shape index (κ1) is 42.4. The van der Waals surface area contributed by atoms with Crippen LogP contribution in [0.25, 0.3) is 0 Å². The van der Waals surface area contributed by atoms with Gasteiger partial charge in [0.1, 0.15) is 12.2 Å². The first-order chi connectivity index (χ1) is 19.6. The Morgan fingerprint density at radius 3 is 1.04 bits per heavy atom. The van der Waals surface area contributed by atoms with Gasteiger partial charge in [0.25, 0.3) is 20.2 Å². The van der Waals surface area contributed by atoms with Crippen molar-refractivity contribution in [3.63, 3.8) is 0 Å². The van der Waals surface area contributed by atoms with E-state index in [2.05, 4.69) is 0 Å². The summed E-state index contributed by atoms with van der Waals surface area (Å²) in [5.41, 5.74) is -2.41. The number of carboxylic acids is 2. The zero-order chi connectivity index (χ0) is 34.6. The van der Waals surface area contributed by atoms with Crippen LogP contribution < -0.4 is 10.2 Å². The van der Waals surface area contributed by atoms with Crippen LogP contribution in [0.4, 0.5) is 0 Å². The third kappa shape index (κ3) is 13.3. The van der Waals surface area contributed by atoms with Gasteiger partial charge in [-0.3, -0.25) is 9.11 Å². The van der Waals surface area contributed by atoms with E-state index < -0.39 is 77.2 Å². The van der Waals surface area contributed by atoms with Gasteiger partial charge in [-0.1, -0.05) is 41.5 Å². The molecule has 0 saturated carbocycles. The zero-order valence-electron chi connectivity index (χ0n) is 25.9. The minimum Gasteiger partial charge on any atom is -0.545 e. The number of hydrogen-bond donors (Lipinski definition) is 2. The number of carbonyl (C=O) groups excluding carboxylic acids is 4. The molecule has 2 rings (SSSR count). The van der Waals surface area contributed by atoms with Gasteiger partial charge >= 0.3 is 49.7 Å². The molecule has 0 aliphatic heterocycles. The number of aromatic carboxylic acids is 2. The summed E-state index contributed by atoms with van der Waals surface area (Å²) in [6.45, 7) is 14.4. The molecule has 45 heavy (non-hydrogen) atoms. The molecular weight excluding hydrogens is 665 g/mol. The van der Waals surface area contributed by atoms with Crippen molar-refractivity contribution >= 4 is 81.9 Å². The molecule has 0 spiro atoms. The molecule has 244 valence electrons. The Bertz CT molecular complexity index is 1530. The number of ether oxygens (including phenoxy) is 2. The first-order valence-corrected chi connectivity index (χ1v) is 15.6. The maximum Gasteiger partial charge on any atom is 2.00 e. The van der Waals surface area contributed by atoms with Crippen LogP contribution in [0.2, 0.25) is 0 Å². The Labute approximate surface area is 291 Å². The van der Waals surface area contributed by atoms with E-state index in [0.29, 0.717) is 12.1 Å². The molecule has 0 aliphatic carbocycles. The van der Waals surface area contributed by atoms with Crippen molar-refractivity contribution in [3.8, 4) is 0 Å². The fraction of sp³-hybridized carbons (Fsp3) is 0.429. The van der Waals surface area contributed by atoms with Gasteiger partial charge in [-0.2, -0.15) is 16.8 Å². The van der Waals surface area contributed by atoms with Crippen molar-refractivity contribution < 1.29 is 64.8 Å². The number of esters is 2. The predicted molar refractivity (Wildman–Crippen MR) is 156 cm³/mol. The molecule has 2 N–H and O–H groups in total. The zero-order valence-corrected chi connectivity index (χ0v) is 29.8. The van der Waals surface area contributed by atoms with Crippen LogP contribution in [0, 0.1) is 10.8 Å². The van der Waals surface area contributed by atoms with Crippen molar-refractivity contribution in [1.29, 1.82) is 0 Å². The van der Waals surface area contributed by atoms with E-state index in [4.69, 9.17) is 18.6 Å². The number of carboxylic acid groups (broad SMARTS) is 2. The monoisotopic (exact) mass is 698 g/mol. The summed E-state index contributed by atoms with van der Waals surface area (Å²) in [5, 5.41) is 21.8. The molecule has 0 saturated heterocycles. The maximum atomic E-state index is 12.0. The summed E-state index contributed by atoms with van der Waals surface area (Å²) < 4.78 is 73.0. The van der Waals surface area contributed by atoms with Crippen LogP contribution in [0.15, 0.2) is 46.2 Å². The second-order valence-electron chi connectivity index (χ2n) is 11.8. The molecule has 0 aromatic heterocycles. The van der Waals surface area contributed by atoms with E-state index in [-0.39, 0.29) is 59.7 Å². The Morgan fingerprint density at radius 1 is 0.600 bits per heavy atom. The van der Waals surface area contributed by atoms with Crippen molar-refractivity contribution in [1.82, 2.24) is 0 Å². The molecule has 2 aromatic rings. The molecule has 2 atom stereocenters. The van der Waals surface area contributed by atoms with Gasteiger partial charge in [0.05, 0.1) is 32.9 Å². The Kier molecular flexibility index (Phi) is 14.9. The van der Waals surface area contributed by atoms with Gasteiger partial charge in [-0.15, -0.1) is 0 Å². The standard InChI is InChI=1S/2C14H18O7S.Ca/c2*1-8(14(2,3)4)21-13(17)10-5-9(12(15)16)6-11(7-10)22(18,19)20;/h2*5-8H,1-4H3,(H,15,16)(H,18,19,20);/q;;+2/p-2. The van der Waals surface area contributed by atoms with E-state index >= 15 is 0 Å². The largest absolute Gasteiger partial charge is 2.00 e. The Morgan fingerprint density at radius 2 is 0.844 bits per heavy atom. The van der Waals surface area contributed by atoms with E-state index in [1.54, 1.807) is 13.8 Å². The van der Waals surface area contributed by atoms with E-state index in [0.717, 1.165) is 24.3 Å². The molecule has 0 fully saturated rings. The number of hydrogen-bond acceptors (Lipinski definition) is 12. The van der Waals surface area contributed by atoms with Crippen molar-refractivity contribution in [2.24, 2.45) is 10.8 Å². The van der Waals surface area contributed by atoms with Gasteiger partial charge in [0, 0.05) is 0 Å². The van der Waals surface area contributed by atoms with Crippen LogP contribution in [0.1, 0.15) is 96.8 Å². The second kappa shape index (κ2) is 15.8. The molecular formula is C28H34CaO14S2. The Balaban J connectivity index is 0.000000842. The summed E-state index contributed by atoms with van der Waals surface area (Å²) in [6.07, 6.45) is -0.999. The normalized spacial score (nSPS) is 13.2. The maximum absolute atomic E-state index is 12.0. The SMILES string of the molecule is CC(OC(=O)c1cc(C(=O)[O-])cc(S(=O)(=O)O)c1)C(C)(C)C.CC(OC(=O)c1cc(C(=O)[O-])cc(S(=O)(=O)O)c1)C(C)(C)C.[Ca+2]. The average Bonchev–Trinajstić information content (AvgIpc) is 2.86. The molecule has 2 unspecified atom stereocenters. The minimum atomic E-state index is -4.67. The van der Waals surface area contributed by atoms with Gasteiger partial charge in [0.2, 0.25) is 0 Å². The summed E-state index contributed by atoms with van der Waals surface area (Å²) in [7, 11) is -9.34. The van der Waals surface area contributed by atoms with Crippen LogP contribution in [-0.4, -0.2) is 99.8 Å². The quantitative estimate of drug-likeness (QED) is 0.225. The average molecular weight is 699 g/mol. The van der Waals surface area contributed by atoms with E-state index in [1.165, 1.54) is 0 Å². The molecule has 0 radical (unpaired) electrons. The fourth-order valence-electron chi connectivity index (χ4n) is 2.78. The third-order valence-electron chi connectivity index (χ3n) is 6.36. The van der Waals surface area contributed by atoms with Crippen LogP contribution >= 0.6 is 0 Å². The minimum absolute atomic E-state index is 0. The van der Waals surface area contributed by atoms with Crippen molar-refractivity contribution in [2.45, 2.75) is 77.4 Å². The molecule has 0 bridgehead atoms. The van der Waals surface area contributed by atoms with Gasteiger partial charge < -0.3 is 29.3 Å². The molecule has 2 aromatic carbocycles. The second-order valence-corrected chi connectivity index (χ2v) is 14.7. The van der Waals surface area contributed by atoms with Crippen LogP contribution in [0.5, 0.6) is 0 Å². The number of benzene rings is 2. The Hall–Kier alpha value is -2.60. The number of rotatable bonds is 8.